The zero-order chi connectivity index (χ0) is 18.4. The lowest BCUT2D eigenvalue weighted by molar-refractivity contribution is 0.500. The summed E-state index contributed by atoms with van der Waals surface area (Å²) >= 11 is 0. The lowest BCUT2D eigenvalue weighted by Gasteiger charge is -2.14. The van der Waals surface area contributed by atoms with Gasteiger partial charge in [0.1, 0.15) is 11.5 Å². The molecular weight excluding hydrogens is 453 g/mol. The Balaban J connectivity index is 0.00000261. The van der Waals surface area contributed by atoms with Gasteiger partial charge < -0.3 is 15.1 Å². The third-order valence-electron chi connectivity index (χ3n) is 4.27. The van der Waals surface area contributed by atoms with Crippen LogP contribution >= 0.6 is 24.0 Å². The number of benzene rings is 1. The van der Waals surface area contributed by atoms with E-state index >= 15 is 0 Å². The summed E-state index contributed by atoms with van der Waals surface area (Å²) in [6, 6.07) is 12.4. The van der Waals surface area contributed by atoms with Crippen molar-refractivity contribution < 1.29 is 4.42 Å². The van der Waals surface area contributed by atoms with E-state index in [1.54, 1.807) is 13.2 Å². The second-order valence-corrected chi connectivity index (χ2v) is 6.19. The quantitative estimate of drug-likeness (QED) is 0.322. The highest BCUT2D eigenvalue weighted by Gasteiger charge is 2.07. The Labute approximate surface area is 177 Å². The zero-order valence-corrected chi connectivity index (χ0v) is 18.2. The molecule has 2 heterocycles. The molecule has 7 heteroatoms. The average molecular weight is 479 g/mol. The molecule has 3 aromatic rings. The van der Waals surface area contributed by atoms with Crippen molar-refractivity contribution in [1.29, 1.82) is 0 Å². The Bertz CT molecular complexity index is 870. The van der Waals surface area contributed by atoms with Crippen LogP contribution in [0, 0.1) is 13.8 Å². The maximum atomic E-state index is 5.57. The average Bonchev–Trinajstić information content (AvgIpc) is 3.25. The van der Waals surface area contributed by atoms with Gasteiger partial charge in [0.15, 0.2) is 5.96 Å². The minimum atomic E-state index is 0. The molecule has 0 amide bonds. The molecule has 6 nitrogen and oxygen atoms in total. The number of aliphatic imine (C=N–C) groups is 1. The van der Waals surface area contributed by atoms with E-state index in [0.29, 0.717) is 13.1 Å². The molecule has 0 atom stereocenters. The Kier molecular flexibility index (Phi) is 7.90. The number of guanidine groups is 1. The van der Waals surface area contributed by atoms with Gasteiger partial charge in [-0.05, 0) is 37.1 Å². The van der Waals surface area contributed by atoms with Crippen molar-refractivity contribution in [3.05, 3.63) is 77.0 Å². The molecule has 0 aliphatic rings. The Hall–Kier alpha value is -2.29. The normalized spacial score (nSPS) is 11.1. The Morgan fingerprint density at radius 2 is 1.78 bits per heavy atom. The van der Waals surface area contributed by atoms with E-state index in [0.717, 1.165) is 29.6 Å². The third-order valence-corrected chi connectivity index (χ3v) is 4.27. The van der Waals surface area contributed by atoms with Crippen molar-refractivity contribution in [2.45, 2.75) is 33.5 Å². The molecule has 0 unspecified atom stereocenters. The first-order valence-corrected chi connectivity index (χ1v) is 8.70. The van der Waals surface area contributed by atoms with Gasteiger partial charge in [-0.3, -0.25) is 9.67 Å². The van der Waals surface area contributed by atoms with Gasteiger partial charge in [-0.15, -0.1) is 24.0 Å². The number of furan rings is 1. The van der Waals surface area contributed by atoms with Gasteiger partial charge >= 0.3 is 0 Å². The van der Waals surface area contributed by atoms with Gasteiger partial charge in [0.25, 0.3) is 0 Å². The van der Waals surface area contributed by atoms with Gasteiger partial charge in [0.05, 0.1) is 6.54 Å². The van der Waals surface area contributed by atoms with Crippen LogP contribution in [0.15, 0.2) is 58.2 Å². The van der Waals surface area contributed by atoms with E-state index in [4.69, 9.17) is 4.42 Å². The molecule has 0 radical (unpaired) electrons. The highest BCUT2D eigenvalue weighted by atomic mass is 127. The number of hydrogen-bond donors (Lipinski definition) is 2. The van der Waals surface area contributed by atoms with E-state index in [9.17, 15) is 0 Å². The topological polar surface area (TPSA) is 67.4 Å². The van der Waals surface area contributed by atoms with Crippen molar-refractivity contribution in [3.63, 3.8) is 0 Å². The zero-order valence-electron chi connectivity index (χ0n) is 15.9. The summed E-state index contributed by atoms with van der Waals surface area (Å²) in [5.74, 6) is 2.63. The first-order valence-electron chi connectivity index (χ1n) is 8.70. The molecule has 2 N–H and O–H groups in total. The molecule has 0 spiro atoms. The van der Waals surface area contributed by atoms with Crippen molar-refractivity contribution in [2.75, 3.05) is 7.05 Å². The predicted octanol–water partition coefficient (Wildman–Crippen LogP) is 3.62. The molecule has 0 aliphatic heterocycles. The second kappa shape index (κ2) is 10.1. The highest BCUT2D eigenvalue weighted by Crippen LogP contribution is 2.13. The molecule has 1 aromatic carbocycles. The smallest absolute Gasteiger partial charge is 0.191 e. The number of rotatable bonds is 6. The van der Waals surface area contributed by atoms with Crippen molar-refractivity contribution in [3.8, 4) is 0 Å². The summed E-state index contributed by atoms with van der Waals surface area (Å²) in [6.45, 7) is 6.06. The minimum Gasteiger partial charge on any atom is -0.466 e. The maximum Gasteiger partial charge on any atom is 0.191 e. The summed E-state index contributed by atoms with van der Waals surface area (Å²) in [5, 5.41) is 11.0. The highest BCUT2D eigenvalue weighted by molar-refractivity contribution is 14.0. The van der Waals surface area contributed by atoms with Crippen LogP contribution in [0.1, 0.15) is 28.2 Å². The van der Waals surface area contributed by atoms with Crippen LogP contribution in [0.3, 0.4) is 0 Å². The van der Waals surface area contributed by atoms with Crippen LogP contribution in [0.4, 0.5) is 0 Å². The first-order chi connectivity index (χ1) is 12.7. The molecule has 0 bridgehead atoms. The fourth-order valence-corrected chi connectivity index (χ4v) is 2.89. The standard InChI is InChI=1S/C20H25N5O.HI/c1-15-11-19(16(2)26-15)13-23-20(21-3)22-12-17-7-4-5-8-18(17)14-25-10-6-9-24-25;/h4-11H,12-14H2,1-3H3,(H2,21,22,23);1H. The number of halogens is 1. The molecule has 0 fully saturated rings. The molecule has 27 heavy (non-hydrogen) atoms. The fourth-order valence-electron chi connectivity index (χ4n) is 2.89. The third kappa shape index (κ3) is 5.85. The van der Waals surface area contributed by atoms with Crippen molar-refractivity contribution >= 4 is 29.9 Å². The van der Waals surface area contributed by atoms with Crippen LogP contribution in [0.25, 0.3) is 0 Å². The van der Waals surface area contributed by atoms with Gasteiger partial charge in [0.2, 0.25) is 0 Å². The Morgan fingerprint density at radius 3 is 2.37 bits per heavy atom. The summed E-state index contributed by atoms with van der Waals surface area (Å²) in [4.78, 5) is 4.31. The largest absolute Gasteiger partial charge is 0.466 e. The van der Waals surface area contributed by atoms with E-state index in [-0.39, 0.29) is 24.0 Å². The lowest BCUT2D eigenvalue weighted by Crippen LogP contribution is -2.36. The fraction of sp³-hybridized carbons (Fsp3) is 0.300. The minimum absolute atomic E-state index is 0. The van der Waals surface area contributed by atoms with Crippen molar-refractivity contribution in [2.24, 2.45) is 4.99 Å². The van der Waals surface area contributed by atoms with Crippen LogP contribution in [0.5, 0.6) is 0 Å². The van der Waals surface area contributed by atoms with E-state index in [1.807, 2.05) is 30.8 Å². The summed E-state index contributed by atoms with van der Waals surface area (Å²) < 4.78 is 7.49. The van der Waals surface area contributed by atoms with Crippen LogP contribution in [-0.2, 0) is 19.6 Å². The summed E-state index contributed by atoms with van der Waals surface area (Å²) in [6.07, 6.45) is 3.77. The van der Waals surface area contributed by atoms with Gasteiger partial charge in [-0.1, -0.05) is 24.3 Å². The Morgan fingerprint density at radius 1 is 1.07 bits per heavy atom. The van der Waals surface area contributed by atoms with Crippen LogP contribution in [0.2, 0.25) is 0 Å². The number of nitrogens with zero attached hydrogens (tertiary/aromatic N) is 3. The number of aryl methyl sites for hydroxylation is 2. The first kappa shape index (κ1) is 21.0. The maximum absolute atomic E-state index is 5.57. The number of nitrogens with one attached hydrogen (secondary N) is 2. The van der Waals surface area contributed by atoms with E-state index < -0.39 is 0 Å². The second-order valence-electron chi connectivity index (χ2n) is 6.19. The molecule has 2 aromatic heterocycles. The SMILES string of the molecule is CN=C(NCc1ccccc1Cn1cccn1)NCc1cc(C)oc1C.I. The predicted molar refractivity (Wildman–Crippen MR) is 118 cm³/mol. The molecule has 0 saturated carbocycles. The molecular formula is C20H26IN5O. The van der Waals surface area contributed by atoms with Gasteiger partial charge in [-0.2, -0.15) is 5.10 Å². The molecule has 0 aliphatic carbocycles. The summed E-state index contributed by atoms with van der Waals surface area (Å²) in [5.41, 5.74) is 3.60. The number of hydrogen-bond acceptors (Lipinski definition) is 3. The summed E-state index contributed by atoms with van der Waals surface area (Å²) in [7, 11) is 1.78. The lowest BCUT2D eigenvalue weighted by atomic mass is 10.1. The van der Waals surface area contributed by atoms with Crippen LogP contribution in [-0.4, -0.2) is 22.8 Å². The van der Waals surface area contributed by atoms with Gasteiger partial charge in [-0.25, -0.2) is 0 Å². The van der Waals surface area contributed by atoms with E-state index in [1.165, 1.54) is 11.1 Å². The van der Waals surface area contributed by atoms with Gasteiger partial charge in [0, 0.05) is 38.1 Å². The number of aromatic nitrogens is 2. The molecule has 0 saturated heterocycles. The van der Waals surface area contributed by atoms with E-state index in [2.05, 4.69) is 51.1 Å². The monoisotopic (exact) mass is 479 g/mol. The van der Waals surface area contributed by atoms with Crippen molar-refractivity contribution in [1.82, 2.24) is 20.4 Å². The molecule has 3 rings (SSSR count). The van der Waals surface area contributed by atoms with Crippen LogP contribution < -0.4 is 10.6 Å². The molecule has 144 valence electrons.